The Bertz CT molecular complexity index is 361. The lowest BCUT2D eigenvalue weighted by Crippen LogP contribution is -2.55. The number of aliphatic hydroxyl groups excluding tert-OH is 1. The molecule has 1 aliphatic heterocycles. The van der Waals surface area contributed by atoms with Crippen molar-refractivity contribution in [3.05, 3.63) is 0 Å². The molecule has 3 nitrogen and oxygen atoms in total. The fraction of sp³-hybridized carbons (Fsp3) is 1.00. The second-order valence-corrected chi connectivity index (χ2v) is 8.39. The first kappa shape index (κ1) is 15.8. The summed E-state index contributed by atoms with van der Waals surface area (Å²) < 4.78 is 0. The highest BCUT2D eigenvalue weighted by Gasteiger charge is 2.44. The molecule has 0 aromatic rings. The maximum absolute atomic E-state index is 10.8. The molecule has 3 rings (SSSR count). The van der Waals surface area contributed by atoms with E-state index in [1.807, 2.05) is 0 Å². The molecular weight excluding hydrogens is 262 g/mol. The molecule has 2 N–H and O–H groups in total. The molecule has 0 aromatic heterocycles. The third kappa shape index (κ3) is 3.30. The molecule has 1 saturated heterocycles. The second-order valence-electron chi connectivity index (χ2n) is 8.39. The van der Waals surface area contributed by atoms with Crippen molar-refractivity contribution >= 4 is 0 Å². The zero-order valence-electron chi connectivity index (χ0n) is 13.7. The van der Waals surface area contributed by atoms with Crippen LogP contribution in [0.5, 0.6) is 0 Å². The Kier molecular flexibility index (Phi) is 4.63. The SMILES string of the molecule is CC1CCCC(CO)(CN2CCC3(O)CCCCC3C2)C1. The predicted molar refractivity (Wildman–Crippen MR) is 85.1 cm³/mol. The summed E-state index contributed by atoms with van der Waals surface area (Å²) in [6.45, 7) is 5.78. The third-order valence-corrected chi connectivity index (χ3v) is 6.59. The normalized spacial score (nSPS) is 45.3. The molecule has 0 spiro atoms. The first-order chi connectivity index (χ1) is 10.1. The lowest BCUT2D eigenvalue weighted by atomic mass is 9.68. The highest BCUT2D eigenvalue weighted by Crippen LogP contribution is 2.43. The van der Waals surface area contributed by atoms with E-state index in [2.05, 4.69) is 11.8 Å². The van der Waals surface area contributed by atoms with E-state index in [0.29, 0.717) is 12.5 Å². The van der Waals surface area contributed by atoms with E-state index in [9.17, 15) is 10.2 Å². The number of hydrogen-bond donors (Lipinski definition) is 2. The molecule has 0 aromatic carbocycles. The van der Waals surface area contributed by atoms with Crippen LogP contribution in [0.3, 0.4) is 0 Å². The van der Waals surface area contributed by atoms with Crippen LogP contribution in [0.15, 0.2) is 0 Å². The van der Waals surface area contributed by atoms with Gasteiger partial charge in [-0.3, -0.25) is 0 Å². The van der Waals surface area contributed by atoms with Crippen LogP contribution in [-0.2, 0) is 0 Å². The van der Waals surface area contributed by atoms with Gasteiger partial charge in [0.25, 0.3) is 0 Å². The smallest absolute Gasteiger partial charge is 0.0700 e. The van der Waals surface area contributed by atoms with Crippen molar-refractivity contribution < 1.29 is 10.2 Å². The van der Waals surface area contributed by atoms with Gasteiger partial charge in [-0.25, -0.2) is 0 Å². The molecule has 3 fully saturated rings. The molecule has 3 heteroatoms. The largest absolute Gasteiger partial charge is 0.396 e. The van der Waals surface area contributed by atoms with Crippen molar-refractivity contribution in [2.45, 2.75) is 70.3 Å². The number of piperidine rings is 1. The summed E-state index contributed by atoms with van der Waals surface area (Å²) in [5, 5.41) is 20.8. The zero-order valence-corrected chi connectivity index (χ0v) is 13.7. The Hall–Kier alpha value is -0.120. The molecule has 4 atom stereocenters. The van der Waals surface area contributed by atoms with Crippen LogP contribution < -0.4 is 0 Å². The average Bonchev–Trinajstić information content (AvgIpc) is 2.47. The maximum atomic E-state index is 10.8. The minimum atomic E-state index is -0.374. The molecule has 2 aliphatic carbocycles. The van der Waals surface area contributed by atoms with Gasteiger partial charge in [0.1, 0.15) is 0 Å². The monoisotopic (exact) mass is 295 g/mol. The van der Waals surface area contributed by atoms with Gasteiger partial charge in [0.05, 0.1) is 5.60 Å². The summed E-state index contributed by atoms with van der Waals surface area (Å²) in [6.07, 6.45) is 10.6. The number of nitrogens with zero attached hydrogens (tertiary/aromatic N) is 1. The first-order valence-corrected chi connectivity index (χ1v) is 9.11. The molecule has 0 radical (unpaired) electrons. The van der Waals surface area contributed by atoms with Gasteiger partial charge in [-0.1, -0.05) is 32.6 Å². The molecule has 0 bridgehead atoms. The van der Waals surface area contributed by atoms with Crippen molar-refractivity contribution in [3.63, 3.8) is 0 Å². The van der Waals surface area contributed by atoms with Gasteiger partial charge < -0.3 is 15.1 Å². The van der Waals surface area contributed by atoms with Gasteiger partial charge in [-0.05, 0) is 38.0 Å². The van der Waals surface area contributed by atoms with Gasteiger partial charge in [-0.15, -0.1) is 0 Å². The van der Waals surface area contributed by atoms with Crippen LogP contribution in [0.25, 0.3) is 0 Å². The van der Waals surface area contributed by atoms with E-state index in [-0.39, 0.29) is 11.0 Å². The number of likely N-dealkylation sites (tertiary alicyclic amines) is 1. The predicted octanol–water partition coefficient (Wildman–Crippen LogP) is 2.80. The number of aliphatic hydroxyl groups is 2. The van der Waals surface area contributed by atoms with Gasteiger partial charge >= 0.3 is 0 Å². The molecule has 0 amide bonds. The molecule has 3 aliphatic rings. The van der Waals surface area contributed by atoms with Crippen molar-refractivity contribution in [2.24, 2.45) is 17.3 Å². The first-order valence-electron chi connectivity index (χ1n) is 9.11. The van der Waals surface area contributed by atoms with Gasteiger partial charge in [0, 0.05) is 37.6 Å². The highest BCUT2D eigenvalue weighted by molar-refractivity contribution is 4.97. The van der Waals surface area contributed by atoms with Crippen LogP contribution >= 0.6 is 0 Å². The van der Waals surface area contributed by atoms with Crippen molar-refractivity contribution in [1.29, 1.82) is 0 Å². The summed E-state index contributed by atoms with van der Waals surface area (Å²) in [5.41, 5.74) is -0.247. The average molecular weight is 295 g/mol. The summed E-state index contributed by atoms with van der Waals surface area (Å²) in [6, 6.07) is 0. The van der Waals surface area contributed by atoms with Gasteiger partial charge in [0.2, 0.25) is 0 Å². The number of fused-ring (bicyclic) bond motifs is 1. The van der Waals surface area contributed by atoms with E-state index in [4.69, 9.17) is 0 Å². The van der Waals surface area contributed by atoms with Crippen molar-refractivity contribution in [1.82, 2.24) is 4.90 Å². The van der Waals surface area contributed by atoms with Crippen LogP contribution in [0, 0.1) is 17.3 Å². The van der Waals surface area contributed by atoms with Crippen LogP contribution in [0.1, 0.15) is 64.7 Å². The standard InChI is InChI=1S/C18H33NO2/c1-15-5-4-7-17(11-15,14-20)13-19-10-9-18(21)8-3-2-6-16(18)12-19/h15-16,20-21H,2-14H2,1H3. The summed E-state index contributed by atoms with van der Waals surface area (Å²) in [7, 11) is 0. The topological polar surface area (TPSA) is 43.7 Å². The summed E-state index contributed by atoms with van der Waals surface area (Å²) in [5.74, 6) is 1.22. The minimum Gasteiger partial charge on any atom is -0.396 e. The fourth-order valence-electron chi connectivity index (χ4n) is 5.36. The fourth-order valence-corrected chi connectivity index (χ4v) is 5.36. The lowest BCUT2D eigenvalue weighted by molar-refractivity contribution is -0.106. The summed E-state index contributed by atoms with van der Waals surface area (Å²) in [4.78, 5) is 2.55. The quantitative estimate of drug-likeness (QED) is 0.841. The molecule has 1 heterocycles. The van der Waals surface area contributed by atoms with Crippen LogP contribution in [0.2, 0.25) is 0 Å². The molecule has 122 valence electrons. The zero-order chi connectivity index (χ0) is 14.9. The molecule has 4 unspecified atom stereocenters. The Morgan fingerprint density at radius 1 is 1.10 bits per heavy atom. The maximum Gasteiger partial charge on any atom is 0.0700 e. The van der Waals surface area contributed by atoms with E-state index in [1.54, 1.807) is 0 Å². The number of hydrogen-bond acceptors (Lipinski definition) is 3. The summed E-state index contributed by atoms with van der Waals surface area (Å²) >= 11 is 0. The van der Waals surface area contributed by atoms with Gasteiger partial charge in [-0.2, -0.15) is 0 Å². The lowest BCUT2D eigenvalue weighted by Gasteiger charge is -2.50. The van der Waals surface area contributed by atoms with E-state index >= 15 is 0 Å². The second kappa shape index (κ2) is 6.17. The molecular formula is C18H33NO2. The Morgan fingerprint density at radius 3 is 2.71 bits per heavy atom. The number of rotatable bonds is 3. The van der Waals surface area contributed by atoms with Crippen LogP contribution in [-0.4, -0.2) is 47.0 Å². The van der Waals surface area contributed by atoms with Crippen molar-refractivity contribution in [2.75, 3.05) is 26.2 Å². The Morgan fingerprint density at radius 2 is 1.95 bits per heavy atom. The molecule has 21 heavy (non-hydrogen) atoms. The Labute approximate surface area is 129 Å². The highest BCUT2D eigenvalue weighted by atomic mass is 16.3. The third-order valence-electron chi connectivity index (χ3n) is 6.59. The van der Waals surface area contributed by atoms with E-state index in [1.165, 1.54) is 44.9 Å². The molecule has 2 saturated carbocycles. The van der Waals surface area contributed by atoms with Crippen LogP contribution in [0.4, 0.5) is 0 Å². The van der Waals surface area contributed by atoms with Crippen molar-refractivity contribution in [3.8, 4) is 0 Å². The van der Waals surface area contributed by atoms with E-state index in [0.717, 1.165) is 38.4 Å². The van der Waals surface area contributed by atoms with E-state index < -0.39 is 0 Å². The minimum absolute atomic E-state index is 0.127. The Balaban J connectivity index is 1.62. The van der Waals surface area contributed by atoms with Gasteiger partial charge in [0.15, 0.2) is 0 Å².